The maximum Gasteiger partial charge on any atom is 0.270 e. The van der Waals surface area contributed by atoms with E-state index in [2.05, 4.69) is 0 Å². The topological polar surface area (TPSA) is 71.5 Å². The Kier molecular flexibility index (Phi) is 4.14. The second-order valence-corrected chi connectivity index (χ2v) is 5.58. The van der Waals surface area contributed by atoms with Crippen molar-refractivity contribution in [1.29, 1.82) is 0 Å². The minimum atomic E-state index is 0.0433. The molecular formula is C14H23N3O2. The Bertz CT molecular complexity index is 446. The fraction of sp³-hybridized carbons (Fsp3) is 0.643. The number of likely N-dealkylation sites (tertiary alicyclic amines) is 1. The molecule has 0 unspecified atom stereocenters. The zero-order valence-electron chi connectivity index (χ0n) is 11.7. The van der Waals surface area contributed by atoms with Crippen molar-refractivity contribution in [2.45, 2.75) is 32.7 Å². The van der Waals surface area contributed by atoms with Gasteiger partial charge >= 0.3 is 0 Å². The summed E-state index contributed by atoms with van der Waals surface area (Å²) in [7, 11) is 0. The van der Waals surface area contributed by atoms with E-state index in [-0.39, 0.29) is 18.6 Å². The molecule has 5 heteroatoms. The van der Waals surface area contributed by atoms with E-state index in [1.54, 1.807) is 6.07 Å². The fourth-order valence-corrected chi connectivity index (χ4v) is 2.58. The molecule has 2 rings (SSSR count). The van der Waals surface area contributed by atoms with E-state index in [1.165, 1.54) is 0 Å². The van der Waals surface area contributed by atoms with Gasteiger partial charge in [0.1, 0.15) is 5.69 Å². The molecule has 1 amide bonds. The molecule has 0 atom stereocenters. The van der Waals surface area contributed by atoms with Crippen LogP contribution < -0.4 is 5.73 Å². The van der Waals surface area contributed by atoms with Crippen molar-refractivity contribution in [2.24, 2.45) is 5.92 Å². The second-order valence-electron chi connectivity index (χ2n) is 5.58. The average Bonchev–Trinajstić information content (AvgIpc) is 2.80. The molecule has 106 valence electrons. The number of carbonyl (C=O) groups is 1. The van der Waals surface area contributed by atoms with E-state index < -0.39 is 0 Å². The summed E-state index contributed by atoms with van der Waals surface area (Å²) in [6.45, 7) is 5.72. The number of carbonyl (C=O) groups excluding carboxylic acids is 1. The quantitative estimate of drug-likeness (QED) is 0.870. The number of anilines is 1. The molecule has 1 aromatic rings. The lowest BCUT2D eigenvalue weighted by molar-refractivity contribution is 0.0639. The van der Waals surface area contributed by atoms with Gasteiger partial charge in [0.15, 0.2) is 0 Å². The third kappa shape index (κ3) is 2.92. The van der Waals surface area contributed by atoms with E-state index >= 15 is 0 Å². The third-order valence-corrected chi connectivity index (χ3v) is 3.81. The first-order valence-corrected chi connectivity index (χ1v) is 6.90. The summed E-state index contributed by atoms with van der Waals surface area (Å²) < 4.78 is 1.93. The van der Waals surface area contributed by atoms with Gasteiger partial charge in [0, 0.05) is 31.9 Å². The van der Waals surface area contributed by atoms with Gasteiger partial charge in [-0.15, -0.1) is 0 Å². The summed E-state index contributed by atoms with van der Waals surface area (Å²) >= 11 is 0. The number of nitrogens with two attached hydrogens (primary N) is 1. The van der Waals surface area contributed by atoms with Gasteiger partial charge in [-0.1, -0.05) is 0 Å². The molecule has 1 saturated heterocycles. The molecule has 2 heterocycles. The summed E-state index contributed by atoms with van der Waals surface area (Å²) in [4.78, 5) is 14.4. The van der Waals surface area contributed by atoms with Crippen LogP contribution in [0.5, 0.6) is 0 Å². The van der Waals surface area contributed by atoms with E-state index in [4.69, 9.17) is 10.8 Å². The van der Waals surface area contributed by atoms with E-state index in [0.717, 1.165) is 12.8 Å². The molecule has 1 fully saturated rings. The van der Waals surface area contributed by atoms with E-state index in [0.29, 0.717) is 30.4 Å². The molecule has 3 N–H and O–H groups in total. The Balaban J connectivity index is 2.12. The molecule has 1 aliphatic rings. The summed E-state index contributed by atoms with van der Waals surface area (Å²) in [5.41, 5.74) is 7.09. The molecule has 5 nitrogen and oxygen atoms in total. The Morgan fingerprint density at radius 1 is 1.47 bits per heavy atom. The van der Waals surface area contributed by atoms with Crippen LogP contribution in [0.1, 0.15) is 43.2 Å². The summed E-state index contributed by atoms with van der Waals surface area (Å²) in [5.74, 6) is 0.382. The zero-order valence-corrected chi connectivity index (χ0v) is 11.7. The van der Waals surface area contributed by atoms with Crippen LogP contribution in [-0.2, 0) is 0 Å². The van der Waals surface area contributed by atoms with Crippen molar-refractivity contribution in [2.75, 3.05) is 25.4 Å². The smallest absolute Gasteiger partial charge is 0.270 e. The second kappa shape index (κ2) is 5.65. The number of nitrogen functional groups attached to an aromatic ring is 1. The summed E-state index contributed by atoms with van der Waals surface area (Å²) in [6.07, 6.45) is 3.57. The number of hydrogen-bond donors (Lipinski definition) is 2. The number of aliphatic hydroxyl groups is 1. The highest BCUT2D eigenvalue weighted by Crippen LogP contribution is 2.22. The van der Waals surface area contributed by atoms with Crippen LogP contribution in [0.4, 0.5) is 5.69 Å². The number of hydrogen-bond acceptors (Lipinski definition) is 3. The number of piperidine rings is 1. The molecule has 0 spiro atoms. The van der Waals surface area contributed by atoms with Crippen LogP contribution in [0.25, 0.3) is 0 Å². The zero-order chi connectivity index (χ0) is 14.0. The van der Waals surface area contributed by atoms with Gasteiger partial charge < -0.3 is 20.3 Å². The maximum atomic E-state index is 12.5. The standard InChI is InChI=1S/C14H23N3O2/c1-10(2)17-8-12(15)7-13(17)14(19)16-5-3-11(9-18)4-6-16/h7-8,10-11,18H,3-6,9,15H2,1-2H3. The monoisotopic (exact) mass is 265 g/mol. The van der Waals surface area contributed by atoms with Gasteiger partial charge in [-0.3, -0.25) is 4.79 Å². The minimum absolute atomic E-state index is 0.0433. The molecule has 19 heavy (non-hydrogen) atoms. The Hall–Kier alpha value is -1.49. The van der Waals surface area contributed by atoms with Crippen LogP contribution in [0.2, 0.25) is 0 Å². The van der Waals surface area contributed by atoms with Crippen LogP contribution in [0.15, 0.2) is 12.3 Å². The van der Waals surface area contributed by atoms with Gasteiger partial charge in [-0.05, 0) is 38.7 Å². The number of rotatable bonds is 3. The molecule has 0 aliphatic carbocycles. The SMILES string of the molecule is CC(C)n1cc(N)cc1C(=O)N1CCC(CO)CC1. The van der Waals surface area contributed by atoms with Gasteiger partial charge in [0.25, 0.3) is 5.91 Å². The van der Waals surface area contributed by atoms with Crippen molar-refractivity contribution >= 4 is 11.6 Å². The number of amides is 1. The van der Waals surface area contributed by atoms with Crippen LogP contribution in [-0.4, -0.2) is 40.2 Å². The molecule has 0 radical (unpaired) electrons. The first kappa shape index (κ1) is 13.9. The Morgan fingerprint density at radius 3 is 2.63 bits per heavy atom. The van der Waals surface area contributed by atoms with Crippen LogP contribution in [0, 0.1) is 5.92 Å². The average molecular weight is 265 g/mol. The van der Waals surface area contributed by atoms with E-state index in [9.17, 15) is 4.79 Å². The molecule has 0 bridgehead atoms. The lowest BCUT2D eigenvalue weighted by Crippen LogP contribution is -2.40. The Morgan fingerprint density at radius 2 is 2.11 bits per heavy atom. The maximum absolute atomic E-state index is 12.5. The normalized spacial score (nSPS) is 17.2. The summed E-state index contributed by atoms with van der Waals surface area (Å²) in [6, 6.07) is 1.96. The van der Waals surface area contributed by atoms with E-state index in [1.807, 2.05) is 29.5 Å². The molecular weight excluding hydrogens is 242 g/mol. The highest BCUT2D eigenvalue weighted by molar-refractivity contribution is 5.94. The predicted molar refractivity (Wildman–Crippen MR) is 74.9 cm³/mol. The first-order chi connectivity index (χ1) is 9.02. The molecule has 0 saturated carbocycles. The van der Waals surface area contributed by atoms with Crippen molar-refractivity contribution in [3.63, 3.8) is 0 Å². The third-order valence-electron chi connectivity index (χ3n) is 3.81. The lowest BCUT2D eigenvalue weighted by atomic mass is 9.98. The molecule has 1 aliphatic heterocycles. The van der Waals surface area contributed by atoms with Gasteiger partial charge in [-0.2, -0.15) is 0 Å². The van der Waals surface area contributed by atoms with Crippen molar-refractivity contribution < 1.29 is 9.90 Å². The highest BCUT2D eigenvalue weighted by atomic mass is 16.3. The van der Waals surface area contributed by atoms with Crippen molar-refractivity contribution in [3.8, 4) is 0 Å². The lowest BCUT2D eigenvalue weighted by Gasteiger charge is -2.31. The predicted octanol–water partition coefficient (Wildman–Crippen LogP) is 1.50. The van der Waals surface area contributed by atoms with Crippen molar-refractivity contribution in [3.05, 3.63) is 18.0 Å². The number of nitrogens with zero attached hydrogens (tertiary/aromatic N) is 2. The number of aliphatic hydroxyl groups excluding tert-OH is 1. The first-order valence-electron chi connectivity index (χ1n) is 6.90. The fourth-order valence-electron chi connectivity index (χ4n) is 2.58. The number of aromatic nitrogens is 1. The summed E-state index contributed by atoms with van der Waals surface area (Å²) in [5, 5.41) is 9.13. The van der Waals surface area contributed by atoms with Gasteiger partial charge in [0.05, 0.1) is 5.69 Å². The molecule has 0 aromatic carbocycles. The minimum Gasteiger partial charge on any atom is -0.397 e. The van der Waals surface area contributed by atoms with Gasteiger partial charge in [0.2, 0.25) is 0 Å². The van der Waals surface area contributed by atoms with Crippen molar-refractivity contribution in [1.82, 2.24) is 9.47 Å². The van der Waals surface area contributed by atoms with Gasteiger partial charge in [-0.25, -0.2) is 0 Å². The van der Waals surface area contributed by atoms with Crippen LogP contribution in [0.3, 0.4) is 0 Å². The Labute approximate surface area is 114 Å². The van der Waals surface area contributed by atoms with Crippen LogP contribution >= 0.6 is 0 Å². The molecule has 1 aromatic heterocycles. The largest absolute Gasteiger partial charge is 0.397 e. The highest BCUT2D eigenvalue weighted by Gasteiger charge is 2.25.